The van der Waals surface area contributed by atoms with E-state index in [2.05, 4.69) is 5.32 Å². The summed E-state index contributed by atoms with van der Waals surface area (Å²) in [7, 11) is 0. The fourth-order valence-electron chi connectivity index (χ4n) is 2.47. The molecule has 0 aliphatic rings. The maximum absolute atomic E-state index is 14.1. The lowest BCUT2D eigenvalue weighted by Crippen LogP contribution is -2.30. The molecule has 0 saturated carbocycles. The van der Waals surface area contributed by atoms with Crippen molar-refractivity contribution in [3.8, 4) is 5.75 Å². The van der Waals surface area contributed by atoms with Gasteiger partial charge in [0.25, 0.3) is 0 Å². The van der Waals surface area contributed by atoms with Crippen LogP contribution in [0, 0.1) is 5.82 Å². The predicted octanol–water partition coefficient (Wildman–Crippen LogP) is 2.94. The zero-order valence-electron chi connectivity index (χ0n) is 15.1. The molecule has 0 aliphatic heterocycles. The third kappa shape index (κ3) is 6.54. The number of halogens is 1. The molecular weight excluding hydrogens is 353 g/mol. The summed E-state index contributed by atoms with van der Waals surface area (Å²) in [4.78, 5) is 11.6. The summed E-state index contributed by atoms with van der Waals surface area (Å²) in [6.07, 6.45) is -3.25. The summed E-state index contributed by atoms with van der Waals surface area (Å²) in [6, 6.07) is 13.3. The molecule has 2 aromatic carbocycles. The molecule has 27 heavy (non-hydrogen) atoms. The number of hydrogen-bond donors (Lipinski definition) is 3. The van der Waals surface area contributed by atoms with Gasteiger partial charge in [-0.25, -0.2) is 9.18 Å². The molecule has 0 bridgehead atoms. The van der Waals surface area contributed by atoms with Crippen molar-refractivity contribution >= 4 is 6.09 Å². The maximum atomic E-state index is 14.1. The Bertz CT molecular complexity index is 726. The number of ether oxygens (including phenoxy) is 2. The zero-order valence-corrected chi connectivity index (χ0v) is 15.1. The van der Waals surface area contributed by atoms with Gasteiger partial charge in [0.2, 0.25) is 0 Å². The molecule has 1 amide bonds. The van der Waals surface area contributed by atoms with Crippen molar-refractivity contribution in [3.63, 3.8) is 0 Å². The molecule has 0 radical (unpaired) electrons. The van der Waals surface area contributed by atoms with Gasteiger partial charge in [-0.1, -0.05) is 30.3 Å². The highest BCUT2D eigenvalue weighted by Crippen LogP contribution is 2.25. The predicted molar refractivity (Wildman–Crippen MR) is 97.8 cm³/mol. The maximum Gasteiger partial charge on any atom is 0.407 e. The van der Waals surface area contributed by atoms with E-state index in [1.165, 1.54) is 12.1 Å². The number of hydrogen-bond acceptors (Lipinski definition) is 5. The van der Waals surface area contributed by atoms with E-state index in [0.29, 0.717) is 12.4 Å². The van der Waals surface area contributed by atoms with Gasteiger partial charge in [0.1, 0.15) is 24.3 Å². The van der Waals surface area contributed by atoms with Gasteiger partial charge in [0, 0.05) is 18.2 Å². The average Bonchev–Trinajstić information content (AvgIpc) is 2.67. The summed E-state index contributed by atoms with van der Waals surface area (Å²) in [5, 5.41) is 22.7. The van der Waals surface area contributed by atoms with Crippen LogP contribution < -0.4 is 10.1 Å². The lowest BCUT2D eigenvalue weighted by atomic mass is 10.0. The molecule has 2 rings (SSSR count). The summed E-state index contributed by atoms with van der Waals surface area (Å²) < 4.78 is 24.3. The highest BCUT2D eigenvalue weighted by Gasteiger charge is 2.22. The van der Waals surface area contributed by atoms with Crippen molar-refractivity contribution in [2.75, 3.05) is 13.2 Å². The minimum Gasteiger partial charge on any atom is -0.494 e. The van der Waals surface area contributed by atoms with Gasteiger partial charge in [0.15, 0.2) is 0 Å². The quantitative estimate of drug-likeness (QED) is 0.625. The molecule has 0 saturated heterocycles. The molecule has 0 fully saturated rings. The SMILES string of the molecule is CCOc1ccc(C(O)C(O)CCNC(=O)OCc2ccccc2)c(F)c1. The number of carbonyl (C=O) groups excluding carboxylic acids is 1. The van der Waals surface area contributed by atoms with E-state index >= 15 is 0 Å². The van der Waals surface area contributed by atoms with Gasteiger partial charge < -0.3 is 25.0 Å². The number of benzene rings is 2. The molecule has 2 unspecified atom stereocenters. The topological polar surface area (TPSA) is 88.0 Å². The van der Waals surface area contributed by atoms with Gasteiger partial charge in [-0.3, -0.25) is 0 Å². The van der Waals surface area contributed by atoms with Crippen LogP contribution in [0.5, 0.6) is 5.75 Å². The normalized spacial score (nSPS) is 12.9. The van der Waals surface area contributed by atoms with Crippen molar-refractivity contribution in [2.45, 2.75) is 32.2 Å². The van der Waals surface area contributed by atoms with E-state index in [9.17, 15) is 19.4 Å². The number of alkyl carbamates (subject to hydrolysis) is 1. The van der Waals surface area contributed by atoms with Gasteiger partial charge in [-0.05, 0) is 31.0 Å². The first-order chi connectivity index (χ1) is 13.0. The fourth-order valence-corrected chi connectivity index (χ4v) is 2.47. The van der Waals surface area contributed by atoms with Crippen molar-refractivity contribution in [2.24, 2.45) is 0 Å². The Morgan fingerprint density at radius 1 is 1.19 bits per heavy atom. The highest BCUT2D eigenvalue weighted by atomic mass is 19.1. The van der Waals surface area contributed by atoms with E-state index in [0.717, 1.165) is 11.6 Å². The van der Waals surface area contributed by atoms with E-state index < -0.39 is 24.1 Å². The van der Waals surface area contributed by atoms with E-state index in [-0.39, 0.29) is 25.1 Å². The minimum atomic E-state index is -1.41. The largest absolute Gasteiger partial charge is 0.494 e. The Morgan fingerprint density at radius 3 is 2.59 bits per heavy atom. The first-order valence-corrected chi connectivity index (χ1v) is 8.74. The first-order valence-electron chi connectivity index (χ1n) is 8.74. The van der Waals surface area contributed by atoms with E-state index in [4.69, 9.17) is 9.47 Å². The molecule has 2 atom stereocenters. The third-order valence-corrected chi connectivity index (χ3v) is 3.89. The van der Waals surface area contributed by atoms with Crippen LogP contribution in [0.3, 0.4) is 0 Å². The summed E-state index contributed by atoms with van der Waals surface area (Å²) in [6.45, 7) is 2.39. The molecule has 0 heterocycles. The van der Waals surface area contributed by atoms with Gasteiger partial charge in [-0.15, -0.1) is 0 Å². The second-order valence-corrected chi connectivity index (χ2v) is 5.91. The van der Waals surface area contributed by atoms with Crippen LogP contribution in [-0.2, 0) is 11.3 Å². The molecule has 0 spiro atoms. The summed E-state index contributed by atoms with van der Waals surface area (Å²) >= 11 is 0. The smallest absolute Gasteiger partial charge is 0.407 e. The molecule has 7 heteroatoms. The van der Waals surface area contributed by atoms with Crippen LogP contribution in [-0.4, -0.2) is 35.6 Å². The van der Waals surface area contributed by atoms with Crippen LogP contribution in [0.2, 0.25) is 0 Å². The van der Waals surface area contributed by atoms with Crippen LogP contribution in [0.1, 0.15) is 30.6 Å². The first kappa shape index (κ1) is 20.7. The molecule has 146 valence electrons. The van der Waals surface area contributed by atoms with Crippen LogP contribution in [0.25, 0.3) is 0 Å². The molecule has 0 aliphatic carbocycles. The average molecular weight is 377 g/mol. The van der Waals surface area contributed by atoms with Crippen molar-refractivity contribution < 1.29 is 28.9 Å². The number of nitrogens with one attached hydrogen (secondary N) is 1. The van der Waals surface area contributed by atoms with Crippen LogP contribution in [0.4, 0.5) is 9.18 Å². The third-order valence-electron chi connectivity index (χ3n) is 3.89. The Morgan fingerprint density at radius 2 is 1.93 bits per heavy atom. The minimum absolute atomic E-state index is 0.0300. The molecule has 6 nitrogen and oxygen atoms in total. The molecule has 2 aromatic rings. The van der Waals surface area contributed by atoms with Gasteiger partial charge in [-0.2, -0.15) is 0 Å². The number of carbonyl (C=O) groups is 1. The second kappa shape index (κ2) is 10.5. The summed E-state index contributed by atoms with van der Waals surface area (Å²) in [5.74, 6) is -0.314. The molecule has 0 aromatic heterocycles. The fraction of sp³-hybridized carbons (Fsp3) is 0.350. The Labute approximate surface area is 157 Å². The Kier molecular flexibility index (Phi) is 8.03. The van der Waals surface area contributed by atoms with E-state index in [1.54, 1.807) is 6.92 Å². The Hall–Kier alpha value is -2.64. The number of amides is 1. The number of rotatable bonds is 9. The van der Waals surface area contributed by atoms with Gasteiger partial charge >= 0.3 is 6.09 Å². The number of aliphatic hydroxyl groups excluding tert-OH is 2. The van der Waals surface area contributed by atoms with Crippen molar-refractivity contribution in [1.29, 1.82) is 0 Å². The number of aliphatic hydroxyl groups is 2. The second-order valence-electron chi connectivity index (χ2n) is 5.91. The van der Waals surface area contributed by atoms with E-state index in [1.807, 2.05) is 30.3 Å². The molecule has 3 N–H and O–H groups in total. The molecular formula is C20H24FNO5. The zero-order chi connectivity index (χ0) is 19.6. The monoisotopic (exact) mass is 377 g/mol. The highest BCUT2D eigenvalue weighted by molar-refractivity contribution is 5.67. The van der Waals surface area contributed by atoms with Crippen LogP contribution in [0.15, 0.2) is 48.5 Å². The van der Waals surface area contributed by atoms with Crippen LogP contribution >= 0.6 is 0 Å². The van der Waals surface area contributed by atoms with Gasteiger partial charge in [0.05, 0.1) is 12.7 Å². The van der Waals surface area contributed by atoms with Crippen molar-refractivity contribution in [3.05, 3.63) is 65.5 Å². The lowest BCUT2D eigenvalue weighted by Gasteiger charge is -2.19. The lowest BCUT2D eigenvalue weighted by molar-refractivity contribution is 0.0116. The Balaban J connectivity index is 1.76. The van der Waals surface area contributed by atoms with Crippen molar-refractivity contribution in [1.82, 2.24) is 5.32 Å². The standard InChI is InChI=1S/C20H24FNO5/c1-2-26-15-8-9-16(17(21)12-15)19(24)18(23)10-11-22-20(25)27-13-14-6-4-3-5-7-14/h3-9,12,18-19,23-24H,2,10-11,13H2,1H3,(H,22,25). The summed E-state index contributed by atoms with van der Waals surface area (Å²) in [5.41, 5.74) is 0.826.